The van der Waals surface area contributed by atoms with Crippen molar-refractivity contribution in [2.24, 2.45) is 0 Å². The number of halogens is 1. The fourth-order valence-electron chi connectivity index (χ4n) is 0. The Kier molecular flexibility index (Phi) is 2.25. The van der Waals surface area contributed by atoms with Gasteiger partial charge in [0, 0.05) is 11.3 Å². The highest BCUT2D eigenvalue weighted by molar-refractivity contribution is 7.76. The minimum atomic E-state index is -2.74. The van der Waals surface area contributed by atoms with E-state index in [0.717, 1.165) is 0 Å². The summed E-state index contributed by atoms with van der Waals surface area (Å²) in [6.45, 7) is 0. The molecule has 0 aliphatic heterocycles. The van der Waals surface area contributed by atoms with E-state index < -0.39 is 11.3 Å². The van der Waals surface area contributed by atoms with Gasteiger partial charge in [-0.15, -0.1) is 4.48 Å². The smallest absolute Gasteiger partial charge is 0.0472 e. The third-order valence-corrected chi connectivity index (χ3v) is 0.189. The quantitative estimate of drug-likeness (QED) is 0.346. The predicted molar refractivity (Wildman–Crippen MR) is 13.2 cm³/mol. The standard InChI is InChI=1S/FH2NO2S/c1-2-5(3)4/h2H,(H,3,4)/p-1. The van der Waals surface area contributed by atoms with Crippen molar-refractivity contribution in [1.82, 2.24) is 4.94 Å². The average Bonchev–Trinajstić information content (AvgIpc) is 1.38. The third-order valence-electron chi connectivity index (χ3n) is 0.0630. The first-order valence-corrected chi connectivity index (χ1v) is 1.80. The van der Waals surface area contributed by atoms with E-state index in [4.69, 9.17) is 8.76 Å². The molecule has 0 aliphatic carbocycles. The Bertz CT molecular complexity index is 44.9. The van der Waals surface area contributed by atoms with Gasteiger partial charge in [-0.25, -0.2) is 0 Å². The Labute approximate surface area is 30.5 Å². The summed E-state index contributed by atoms with van der Waals surface area (Å²) in [5.41, 5.74) is 0. The minimum Gasteiger partial charge on any atom is -0.758 e. The van der Waals surface area contributed by atoms with Crippen LogP contribution in [0.15, 0.2) is 0 Å². The minimum absolute atomic E-state index is 0.444. The molecule has 0 saturated carbocycles. The molecule has 5 heteroatoms. The van der Waals surface area contributed by atoms with Gasteiger partial charge < -0.3 is 4.55 Å². The van der Waals surface area contributed by atoms with Gasteiger partial charge in [0.2, 0.25) is 0 Å². The van der Waals surface area contributed by atoms with E-state index in [1.165, 1.54) is 0 Å². The van der Waals surface area contributed by atoms with Crippen LogP contribution in [0.1, 0.15) is 0 Å². The summed E-state index contributed by atoms with van der Waals surface area (Å²) in [6.07, 6.45) is 0. The second-order valence-corrected chi connectivity index (χ2v) is 0.936. The molecule has 0 fully saturated rings. The van der Waals surface area contributed by atoms with Crippen molar-refractivity contribution in [3.63, 3.8) is 0 Å². The molecule has 1 atom stereocenters. The van der Waals surface area contributed by atoms with E-state index in [0.29, 0.717) is 4.94 Å². The molecule has 0 rings (SSSR count). The molecule has 0 aromatic rings. The Morgan fingerprint density at radius 1 is 2.00 bits per heavy atom. The highest BCUT2D eigenvalue weighted by Gasteiger charge is 1.62. The van der Waals surface area contributed by atoms with Gasteiger partial charge in [-0.05, 0) is 0 Å². The summed E-state index contributed by atoms with van der Waals surface area (Å²) in [6, 6.07) is 0. The molecule has 0 aliphatic rings. The Hall–Kier alpha value is -0.0000000000000000555. The predicted octanol–water partition coefficient (Wildman–Crippen LogP) is -0.745. The van der Waals surface area contributed by atoms with Crippen LogP contribution in [-0.4, -0.2) is 8.76 Å². The van der Waals surface area contributed by atoms with E-state index >= 15 is 0 Å². The van der Waals surface area contributed by atoms with Gasteiger partial charge in [0.25, 0.3) is 0 Å². The molecule has 5 heavy (non-hydrogen) atoms. The topological polar surface area (TPSA) is 52.2 Å². The molecule has 32 valence electrons. The highest BCUT2D eigenvalue weighted by Crippen LogP contribution is 1.54. The molecule has 0 aromatic heterocycles. The van der Waals surface area contributed by atoms with Crippen LogP contribution in [0, 0.1) is 0 Å². The van der Waals surface area contributed by atoms with Gasteiger partial charge in [0.05, 0.1) is 0 Å². The van der Waals surface area contributed by atoms with Crippen LogP contribution in [0.3, 0.4) is 0 Å². The Morgan fingerprint density at radius 3 is 2.20 bits per heavy atom. The zero-order valence-electron chi connectivity index (χ0n) is 2.10. The summed E-state index contributed by atoms with van der Waals surface area (Å²) in [7, 11) is 0. The van der Waals surface area contributed by atoms with Gasteiger partial charge in [-0.2, -0.15) is 0 Å². The van der Waals surface area contributed by atoms with Crippen molar-refractivity contribution in [2.75, 3.05) is 0 Å². The number of nitrogens with one attached hydrogen (secondary N) is 1. The second kappa shape index (κ2) is 2.25. The molecule has 0 spiro atoms. The zero-order valence-corrected chi connectivity index (χ0v) is 2.92. The van der Waals surface area contributed by atoms with E-state index in [1.807, 2.05) is 0 Å². The second-order valence-electron chi connectivity index (χ2n) is 0.312. The highest BCUT2D eigenvalue weighted by atomic mass is 32.2. The molecule has 1 unspecified atom stereocenters. The lowest BCUT2D eigenvalue weighted by molar-refractivity contribution is 0.406. The lowest BCUT2D eigenvalue weighted by atomic mass is 13.8. The molecule has 0 amide bonds. The van der Waals surface area contributed by atoms with Crippen LogP contribution in [0.5, 0.6) is 0 Å². The van der Waals surface area contributed by atoms with Gasteiger partial charge in [-0.1, -0.05) is 4.94 Å². The van der Waals surface area contributed by atoms with Crippen molar-refractivity contribution < 1.29 is 13.2 Å². The van der Waals surface area contributed by atoms with Crippen molar-refractivity contribution in [2.45, 2.75) is 0 Å². The molecule has 0 bridgehead atoms. The first kappa shape index (κ1) is 5.00. The molecular weight excluding hydrogens is 97.1 g/mol. The van der Waals surface area contributed by atoms with Gasteiger partial charge in [0.15, 0.2) is 0 Å². The fourth-order valence-corrected chi connectivity index (χ4v) is 0. The first-order valence-electron chi connectivity index (χ1n) is 0.726. The molecule has 0 saturated heterocycles. The van der Waals surface area contributed by atoms with Crippen molar-refractivity contribution in [3.05, 3.63) is 0 Å². The van der Waals surface area contributed by atoms with E-state index in [9.17, 15) is 4.48 Å². The summed E-state index contributed by atoms with van der Waals surface area (Å²) < 4.78 is 28.0. The monoisotopic (exact) mass is 98.0 g/mol. The molecule has 1 N–H and O–H groups in total. The first-order chi connectivity index (χ1) is 2.27. The van der Waals surface area contributed by atoms with Crippen molar-refractivity contribution in [3.8, 4) is 0 Å². The van der Waals surface area contributed by atoms with Crippen molar-refractivity contribution >= 4 is 11.3 Å². The summed E-state index contributed by atoms with van der Waals surface area (Å²) >= 11 is -2.74. The van der Waals surface area contributed by atoms with Crippen LogP contribution in [-0.2, 0) is 11.3 Å². The number of hydrogen-bond acceptors (Lipinski definition) is 2. The maximum atomic E-state index is 10.3. The average molecular weight is 98.1 g/mol. The summed E-state index contributed by atoms with van der Waals surface area (Å²) in [5, 5.41) is 0. The molecule has 0 heterocycles. The van der Waals surface area contributed by atoms with Crippen molar-refractivity contribution in [1.29, 1.82) is 0 Å². The summed E-state index contributed by atoms with van der Waals surface area (Å²) in [5.74, 6) is 0. The van der Waals surface area contributed by atoms with E-state index in [-0.39, 0.29) is 0 Å². The van der Waals surface area contributed by atoms with Gasteiger partial charge in [-0.3, -0.25) is 4.21 Å². The van der Waals surface area contributed by atoms with E-state index in [1.54, 1.807) is 0 Å². The maximum absolute atomic E-state index is 10.3. The number of hydrogen-bond donors (Lipinski definition) is 1. The summed E-state index contributed by atoms with van der Waals surface area (Å²) in [4.78, 5) is 0.444. The van der Waals surface area contributed by atoms with Gasteiger partial charge >= 0.3 is 0 Å². The molecular formula is HFNO2S-. The maximum Gasteiger partial charge on any atom is 0.0472 e. The van der Waals surface area contributed by atoms with E-state index in [2.05, 4.69) is 0 Å². The lowest BCUT2D eigenvalue weighted by Gasteiger charge is -1.91. The van der Waals surface area contributed by atoms with Crippen LogP contribution in [0.2, 0.25) is 0 Å². The normalized spacial score (nSPS) is 14.8. The molecule has 0 radical (unpaired) electrons. The van der Waals surface area contributed by atoms with Crippen LogP contribution in [0.4, 0.5) is 4.48 Å². The lowest BCUT2D eigenvalue weighted by Crippen LogP contribution is -2.01. The largest absolute Gasteiger partial charge is 0.758 e. The fraction of sp³-hybridized carbons (Fsp3) is 0. The zero-order chi connectivity index (χ0) is 4.28. The SMILES string of the molecule is O=S([O-])NF. The van der Waals surface area contributed by atoms with Gasteiger partial charge in [0.1, 0.15) is 0 Å². The van der Waals surface area contributed by atoms with Crippen LogP contribution in [0.25, 0.3) is 0 Å². The Balaban J connectivity index is 2.85. The third kappa shape index (κ3) is 4.00. The Morgan fingerprint density at radius 2 is 2.20 bits per heavy atom. The van der Waals surface area contributed by atoms with Crippen LogP contribution < -0.4 is 4.94 Å². The number of rotatable bonds is 1. The molecule has 3 nitrogen and oxygen atoms in total. The van der Waals surface area contributed by atoms with Crippen LogP contribution >= 0.6 is 0 Å². The molecule has 0 aromatic carbocycles.